The molecule has 0 aliphatic rings. The number of halogens is 4. The average molecular weight is 445 g/mol. The molecule has 0 bridgehead atoms. The van der Waals surface area contributed by atoms with Crippen molar-refractivity contribution in [2.24, 2.45) is 0 Å². The Morgan fingerprint density at radius 1 is 1.03 bits per heavy atom. The van der Waals surface area contributed by atoms with Gasteiger partial charge in [-0.2, -0.15) is 17.2 Å². The Bertz CT molecular complexity index is 906. The fraction of sp³-hybridized carbons (Fsp3) is 0.400. The van der Waals surface area contributed by atoms with E-state index in [1.807, 2.05) is 0 Å². The Balaban J connectivity index is 2.87. The number of ether oxygens (including phenoxy) is 2. The zero-order valence-electron chi connectivity index (χ0n) is 15.0. The zero-order chi connectivity index (χ0) is 22.5. The summed E-state index contributed by atoms with van der Waals surface area (Å²) >= 11 is 0. The highest BCUT2D eigenvalue weighted by molar-refractivity contribution is 7.85. The second-order valence-electron chi connectivity index (χ2n) is 5.61. The number of nitrogens with zero attached hydrogens (tertiary/aromatic N) is 1. The van der Waals surface area contributed by atoms with Gasteiger partial charge in [0.2, 0.25) is 23.3 Å². The van der Waals surface area contributed by atoms with Gasteiger partial charge >= 0.3 is 16.1 Å². The van der Waals surface area contributed by atoms with Gasteiger partial charge in [-0.3, -0.25) is 18.9 Å². The molecule has 0 saturated carbocycles. The molecule has 0 saturated heterocycles. The van der Waals surface area contributed by atoms with Crippen LogP contribution in [0.4, 0.5) is 17.6 Å². The number of benzene rings is 1. The zero-order valence-corrected chi connectivity index (χ0v) is 15.8. The largest absolute Gasteiger partial charge is 0.420 e. The standard InChI is InChI=1S/C15H15F4NO8S/c1-7(21)6-27-4-3-20(2)8(22)5-9(23)28-14-10(16)12(18)15(29(24,25)26)13(19)11(14)17/h3-6H2,1-2H3,(H,24,25,26). The first-order chi connectivity index (χ1) is 13.3. The molecular formula is C15H15F4NO8S. The molecule has 29 heavy (non-hydrogen) atoms. The van der Waals surface area contributed by atoms with Crippen molar-refractivity contribution in [2.75, 3.05) is 26.8 Å². The molecule has 0 aliphatic carbocycles. The van der Waals surface area contributed by atoms with E-state index in [0.29, 0.717) is 0 Å². The molecule has 0 aromatic heterocycles. The van der Waals surface area contributed by atoms with Crippen molar-refractivity contribution in [1.82, 2.24) is 4.90 Å². The number of ketones is 1. The molecule has 1 aromatic rings. The van der Waals surface area contributed by atoms with Gasteiger partial charge in [0.1, 0.15) is 13.0 Å². The highest BCUT2D eigenvalue weighted by atomic mass is 32.2. The van der Waals surface area contributed by atoms with E-state index in [1.165, 1.54) is 14.0 Å². The normalized spacial score (nSPS) is 11.3. The highest BCUT2D eigenvalue weighted by Gasteiger charge is 2.34. The fourth-order valence-electron chi connectivity index (χ4n) is 1.86. The maximum Gasteiger partial charge on any atom is 0.320 e. The second-order valence-corrected chi connectivity index (χ2v) is 6.97. The highest BCUT2D eigenvalue weighted by Crippen LogP contribution is 2.32. The lowest BCUT2D eigenvalue weighted by Crippen LogP contribution is -2.33. The van der Waals surface area contributed by atoms with Gasteiger partial charge in [-0.25, -0.2) is 8.78 Å². The van der Waals surface area contributed by atoms with E-state index in [-0.39, 0.29) is 25.5 Å². The number of hydrogen-bond acceptors (Lipinski definition) is 7. The molecule has 162 valence electrons. The van der Waals surface area contributed by atoms with Gasteiger partial charge in [0.15, 0.2) is 22.3 Å². The molecule has 1 N–H and O–H groups in total. The SMILES string of the molecule is CC(=O)COCCN(C)C(=O)CC(=O)Oc1c(F)c(F)c(S(=O)(=O)O)c(F)c1F. The van der Waals surface area contributed by atoms with Gasteiger partial charge in [-0.05, 0) is 6.92 Å². The van der Waals surface area contributed by atoms with Crippen molar-refractivity contribution >= 4 is 27.8 Å². The lowest BCUT2D eigenvalue weighted by atomic mass is 10.3. The predicted octanol–water partition coefficient (Wildman–Crippen LogP) is 0.849. The van der Waals surface area contributed by atoms with Crippen LogP contribution < -0.4 is 4.74 Å². The molecule has 0 fully saturated rings. The maximum atomic E-state index is 13.8. The number of carbonyl (C=O) groups is 3. The van der Waals surface area contributed by atoms with Crippen LogP contribution in [0.5, 0.6) is 5.75 Å². The summed E-state index contributed by atoms with van der Waals surface area (Å²) in [6.07, 6.45) is -1.09. The molecule has 0 spiro atoms. The van der Waals surface area contributed by atoms with Gasteiger partial charge in [-0.1, -0.05) is 0 Å². The number of esters is 1. The van der Waals surface area contributed by atoms with Crippen LogP contribution >= 0.6 is 0 Å². The molecule has 14 heteroatoms. The maximum absolute atomic E-state index is 13.8. The van der Waals surface area contributed by atoms with Crippen LogP contribution in [-0.2, 0) is 29.2 Å². The third-order valence-electron chi connectivity index (χ3n) is 3.25. The third kappa shape index (κ3) is 6.47. The first-order valence-corrected chi connectivity index (χ1v) is 9.06. The lowest BCUT2D eigenvalue weighted by Gasteiger charge is -2.16. The van der Waals surface area contributed by atoms with E-state index in [4.69, 9.17) is 9.29 Å². The Kier molecular flexibility index (Phi) is 8.23. The smallest absolute Gasteiger partial charge is 0.320 e. The van der Waals surface area contributed by atoms with Crippen LogP contribution in [0.2, 0.25) is 0 Å². The summed E-state index contributed by atoms with van der Waals surface area (Å²) < 4.78 is 94.2. The number of likely N-dealkylation sites (N-methyl/N-ethyl adjacent to an activating group) is 1. The van der Waals surface area contributed by atoms with Crippen LogP contribution in [0, 0.1) is 23.3 Å². The second kappa shape index (κ2) is 9.76. The average Bonchev–Trinajstić information content (AvgIpc) is 2.59. The van der Waals surface area contributed by atoms with E-state index < -0.39 is 62.3 Å². The van der Waals surface area contributed by atoms with Gasteiger partial charge in [-0.15, -0.1) is 0 Å². The molecule has 0 aliphatic heterocycles. The number of amides is 1. The lowest BCUT2D eigenvalue weighted by molar-refractivity contribution is -0.142. The van der Waals surface area contributed by atoms with Gasteiger partial charge < -0.3 is 14.4 Å². The summed E-state index contributed by atoms with van der Waals surface area (Å²) in [5.41, 5.74) is 0. The molecule has 1 amide bonds. The van der Waals surface area contributed by atoms with Gasteiger partial charge in [0.05, 0.1) is 6.61 Å². The molecule has 1 rings (SSSR count). The Morgan fingerprint density at radius 2 is 1.55 bits per heavy atom. The molecule has 0 unspecified atom stereocenters. The summed E-state index contributed by atoms with van der Waals surface area (Å²) in [4.78, 5) is 32.8. The summed E-state index contributed by atoms with van der Waals surface area (Å²) in [6.45, 7) is 0.957. The number of rotatable bonds is 9. The monoisotopic (exact) mass is 445 g/mol. The number of hydrogen-bond donors (Lipinski definition) is 1. The molecule has 1 aromatic carbocycles. The van der Waals surface area contributed by atoms with E-state index in [0.717, 1.165) is 4.90 Å². The van der Waals surface area contributed by atoms with Crippen LogP contribution in [-0.4, -0.2) is 62.3 Å². The molecule has 0 atom stereocenters. The fourth-order valence-corrected chi connectivity index (χ4v) is 2.49. The van der Waals surface area contributed by atoms with E-state index >= 15 is 0 Å². The Hall–Kier alpha value is -2.58. The summed E-state index contributed by atoms with van der Waals surface area (Å²) in [5.74, 6) is -14.5. The minimum absolute atomic E-state index is 0.0611. The summed E-state index contributed by atoms with van der Waals surface area (Å²) in [6, 6.07) is 0. The molecule has 0 heterocycles. The van der Waals surface area contributed by atoms with Gasteiger partial charge in [0, 0.05) is 13.6 Å². The van der Waals surface area contributed by atoms with Crippen LogP contribution in [0.25, 0.3) is 0 Å². The van der Waals surface area contributed by atoms with Crippen LogP contribution in [0.1, 0.15) is 13.3 Å². The quantitative estimate of drug-likeness (QED) is 0.113. The topological polar surface area (TPSA) is 127 Å². The first-order valence-electron chi connectivity index (χ1n) is 7.62. The minimum Gasteiger partial charge on any atom is -0.420 e. The van der Waals surface area contributed by atoms with Gasteiger partial charge in [0.25, 0.3) is 0 Å². The Labute approximate surface area is 161 Å². The summed E-state index contributed by atoms with van der Waals surface area (Å²) in [5, 5.41) is 0. The van der Waals surface area contributed by atoms with Crippen molar-refractivity contribution in [2.45, 2.75) is 18.2 Å². The van der Waals surface area contributed by atoms with E-state index in [2.05, 4.69) is 4.74 Å². The number of carbonyl (C=O) groups excluding carboxylic acids is 3. The Morgan fingerprint density at radius 3 is 2.00 bits per heavy atom. The van der Waals surface area contributed by atoms with E-state index in [1.54, 1.807) is 0 Å². The van der Waals surface area contributed by atoms with Crippen molar-refractivity contribution in [3.63, 3.8) is 0 Å². The summed E-state index contributed by atoms with van der Waals surface area (Å²) in [7, 11) is -4.44. The molecular weight excluding hydrogens is 430 g/mol. The van der Waals surface area contributed by atoms with Crippen LogP contribution in [0.15, 0.2) is 4.90 Å². The van der Waals surface area contributed by atoms with Crippen molar-refractivity contribution in [1.29, 1.82) is 0 Å². The van der Waals surface area contributed by atoms with Crippen molar-refractivity contribution < 1.29 is 54.4 Å². The molecule has 9 nitrogen and oxygen atoms in total. The first kappa shape index (κ1) is 24.5. The van der Waals surface area contributed by atoms with E-state index in [9.17, 15) is 40.4 Å². The van der Waals surface area contributed by atoms with Crippen LogP contribution in [0.3, 0.4) is 0 Å². The number of Topliss-reactive ketones (excluding diaryl/α,β-unsaturated/α-hetero) is 1. The van der Waals surface area contributed by atoms with Crippen molar-refractivity contribution in [3.05, 3.63) is 23.3 Å². The van der Waals surface area contributed by atoms with Crippen molar-refractivity contribution in [3.8, 4) is 5.75 Å². The molecule has 0 radical (unpaired) electrons. The minimum atomic E-state index is -5.67. The predicted molar refractivity (Wildman–Crippen MR) is 85.5 cm³/mol. The third-order valence-corrected chi connectivity index (χ3v) is 4.13.